The third-order valence-electron chi connectivity index (χ3n) is 2.79. The molecule has 4 nitrogen and oxygen atoms in total. The molecular weight excluding hydrogens is 200 g/mol. The molecule has 0 fully saturated rings. The topological polar surface area (TPSA) is 64.0 Å². The molecule has 0 radical (unpaired) electrons. The summed E-state index contributed by atoms with van der Waals surface area (Å²) < 4.78 is 0. The van der Waals surface area contributed by atoms with Crippen LogP contribution in [0.15, 0.2) is 29.4 Å². The number of para-hydroxylation sites is 1. The van der Waals surface area contributed by atoms with Crippen molar-refractivity contribution in [1.29, 1.82) is 5.26 Å². The number of aromatic amines is 1. The van der Waals surface area contributed by atoms with E-state index in [1.54, 1.807) is 0 Å². The molecule has 4 heteroatoms. The van der Waals surface area contributed by atoms with Crippen molar-refractivity contribution in [3.05, 3.63) is 35.5 Å². The van der Waals surface area contributed by atoms with E-state index in [1.165, 1.54) is 0 Å². The van der Waals surface area contributed by atoms with E-state index in [-0.39, 0.29) is 0 Å². The van der Waals surface area contributed by atoms with Crippen LogP contribution in [0.2, 0.25) is 0 Å². The van der Waals surface area contributed by atoms with Gasteiger partial charge < -0.3 is 10.4 Å². The number of nitrogens with zero attached hydrogens (tertiary/aromatic N) is 2. The number of H-pyrrole nitrogens is 1. The molecule has 0 atom stereocenters. The van der Waals surface area contributed by atoms with E-state index >= 15 is 0 Å². The minimum absolute atomic E-state index is 0.335. The third-order valence-corrected chi connectivity index (χ3v) is 2.79. The Balaban J connectivity index is 2.27. The highest BCUT2D eigenvalue weighted by molar-refractivity contribution is 6.13. The fourth-order valence-electron chi connectivity index (χ4n) is 2.13. The predicted molar refractivity (Wildman–Crippen MR) is 61.9 cm³/mol. The first kappa shape index (κ1) is 8.98. The first-order chi connectivity index (χ1) is 7.90. The number of nitriles is 1. The van der Waals surface area contributed by atoms with Crippen LogP contribution >= 0.6 is 0 Å². The zero-order valence-corrected chi connectivity index (χ0v) is 8.62. The maximum atomic E-state index is 8.78. The maximum Gasteiger partial charge on any atom is 0.0840 e. The van der Waals surface area contributed by atoms with E-state index in [2.05, 4.69) is 27.6 Å². The SMILES string of the molecule is N#CCC1=NNCc2[nH]c3ccccc3c21. The van der Waals surface area contributed by atoms with Crippen LogP contribution < -0.4 is 5.43 Å². The molecule has 0 aliphatic carbocycles. The predicted octanol–water partition coefficient (Wildman–Crippen LogP) is 1.89. The molecule has 2 aromatic rings. The number of nitrogens with one attached hydrogen (secondary N) is 2. The summed E-state index contributed by atoms with van der Waals surface area (Å²) in [4.78, 5) is 3.35. The summed E-state index contributed by atoms with van der Waals surface area (Å²) >= 11 is 0. The zero-order chi connectivity index (χ0) is 11.0. The molecule has 1 aromatic heterocycles. The number of aromatic nitrogens is 1. The van der Waals surface area contributed by atoms with Gasteiger partial charge in [0.1, 0.15) is 0 Å². The molecule has 0 amide bonds. The van der Waals surface area contributed by atoms with Gasteiger partial charge >= 0.3 is 0 Å². The van der Waals surface area contributed by atoms with Crippen molar-refractivity contribution in [2.45, 2.75) is 13.0 Å². The van der Waals surface area contributed by atoms with Gasteiger partial charge in [0.2, 0.25) is 0 Å². The Bertz CT molecular complexity index is 615. The molecule has 3 rings (SSSR count). The fourth-order valence-corrected chi connectivity index (χ4v) is 2.13. The zero-order valence-electron chi connectivity index (χ0n) is 8.62. The second kappa shape index (κ2) is 3.38. The second-order valence-corrected chi connectivity index (χ2v) is 3.75. The van der Waals surface area contributed by atoms with Gasteiger partial charge in [-0.3, -0.25) is 0 Å². The minimum atomic E-state index is 0.335. The highest BCUT2D eigenvalue weighted by atomic mass is 15.3. The number of hydrazone groups is 1. The number of hydrogen-bond donors (Lipinski definition) is 2. The first-order valence-corrected chi connectivity index (χ1v) is 5.16. The number of hydrogen-bond acceptors (Lipinski definition) is 3. The Hall–Kier alpha value is -2.28. The van der Waals surface area contributed by atoms with Gasteiger partial charge in [-0.2, -0.15) is 10.4 Å². The molecule has 0 unspecified atom stereocenters. The van der Waals surface area contributed by atoms with Crippen molar-refractivity contribution in [2.24, 2.45) is 5.10 Å². The summed E-state index contributed by atoms with van der Waals surface area (Å²) in [5.41, 5.74) is 7.07. The molecule has 2 heterocycles. The monoisotopic (exact) mass is 210 g/mol. The van der Waals surface area contributed by atoms with E-state index in [1.807, 2.05) is 18.2 Å². The lowest BCUT2D eigenvalue weighted by atomic mass is 10.0. The van der Waals surface area contributed by atoms with Crippen LogP contribution in [-0.2, 0) is 6.54 Å². The van der Waals surface area contributed by atoms with Crippen LogP contribution in [0.1, 0.15) is 17.7 Å². The van der Waals surface area contributed by atoms with Gasteiger partial charge in [-0.1, -0.05) is 18.2 Å². The molecule has 2 N–H and O–H groups in total. The highest BCUT2D eigenvalue weighted by Gasteiger charge is 2.19. The van der Waals surface area contributed by atoms with Crippen molar-refractivity contribution < 1.29 is 0 Å². The number of rotatable bonds is 1. The number of benzene rings is 1. The van der Waals surface area contributed by atoms with E-state index in [9.17, 15) is 0 Å². The quantitative estimate of drug-likeness (QED) is 0.754. The minimum Gasteiger partial charge on any atom is -0.356 e. The molecule has 0 saturated carbocycles. The average Bonchev–Trinajstić information content (AvgIpc) is 2.68. The van der Waals surface area contributed by atoms with Crippen LogP contribution in [0.3, 0.4) is 0 Å². The molecule has 0 bridgehead atoms. The van der Waals surface area contributed by atoms with Crippen molar-refractivity contribution in [3.8, 4) is 6.07 Å². The largest absolute Gasteiger partial charge is 0.356 e. The highest BCUT2D eigenvalue weighted by Crippen LogP contribution is 2.25. The Morgan fingerprint density at radius 1 is 1.38 bits per heavy atom. The van der Waals surface area contributed by atoms with E-state index < -0.39 is 0 Å². The molecule has 1 aliphatic heterocycles. The van der Waals surface area contributed by atoms with Gasteiger partial charge in [0.25, 0.3) is 0 Å². The Morgan fingerprint density at radius 3 is 3.12 bits per heavy atom. The van der Waals surface area contributed by atoms with E-state index in [4.69, 9.17) is 5.26 Å². The van der Waals surface area contributed by atoms with Crippen LogP contribution in [0.4, 0.5) is 0 Å². The van der Waals surface area contributed by atoms with E-state index in [0.29, 0.717) is 13.0 Å². The Kier molecular flexibility index (Phi) is 1.90. The van der Waals surface area contributed by atoms with Crippen molar-refractivity contribution >= 4 is 16.6 Å². The summed E-state index contributed by atoms with van der Waals surface area (Å²) in [5, 5.41) is 14.1. The Morgan fingerprint density at radius 2 is 2.25 bits per heavy atom. The lowest BCUT2D eigenvalue weighted by Crippen LogP contribution is -2.19. The van der Waals surface area contributed by atoms with Gasteiger partial charge in [-0.15, -0.1) is 0 Å². The third kappa shape index (κ3) is 1.18. The fraction of sp³-hybridized carbons (Fsp3) is 0.167. The van der Waals surface area contributed by atoms with Crippen LogP contribution in [0, 0.1) is 11.3 Å². The summed E-state index contributed by atoms with van der Waals surface area (Å²) in [6.45, 7) is 0.693. The number of fused-ring (bicyclic) bond motifs is 3. The van der Waals surface area contributed by atoms with Crippen LogP contribution in [0.25, 0.3) is 10.9 Å². The van der Waals surface area contributed by atoms with Crippen molar-refractivity contribution in [3.63, 3.8) is 0 Å². The summed E-state index contributed by atoms with van der Waals surface area (Å²) in [6.07, 6.45) is 0.335. The summed E-state index contributed by atoms with van der Waals surface area (Å²) in [5.74, 6) is 0. The van der Waals surface area contributed by atoms with E-state index in [0.717, 1.165) is 27.9 Å². The normalized spacial score (nSPS) is 13.8. The molecule has 0 spiro atoms. The summed E-state index contributed by atoms with van der Waals surface area (Å²) in [6, 6.07) is 10.2. The van der Waals surface area contributed by atoms with Gasteiger partial charge in [-0.25, -0.2) is 0 Å². The lowest BCUT2D eigenvalue weighted by molar-refractivity contribution is 0.714. The van der Waals surface area contributed by atoms with Gasteiger partial charge in [0.05, 0.1) is 24.7 Å². The smallest absolute Gasteiger partial charge is 0.0840 e. The van der Waals surface area contributed by atoms with Crippen LogP contribution in [-0.4, -0.2) is 10.7 Å². The molecule has 1 aliphatic rings. The standard InChI is InChI=1S/C12H10N4/c13-6-5-10-12-8-3-1-2-4-9(8)15-11(12)7-14-16-10/h1-4,14-15H,5,7H2. The summed E-state index contributed by atoms with van der Waals surface area (Å²) in [7, 11) is 0. The van der Waals surface area contributed by atoms with Crippen LogP contribution in [0.5, 0.6) is 0 Å². The van der Waals surface area contributed by atoms with Gasteiger partial charge in [0.15, 0.2) is 0 Å². The van der Waals surface area contributed by atoms with Gasteiger partial charge in [-0.05, 0) is 6.07 Å². The second-order valence-electron chi connectivity index (χ2n) is 3.75. The lowest BCUT2D eigenvalue weighted by Gasteiger charge is -2.12. The first-order valence-electron chi connectivity index (χ1n) is 5.16. The molecule has 0 saturated heterocycles. The Labute approximate surface area is 92.6 Å². The van der Waals surface area contributed by atoms with Crippen molar-refractivity contribution in [1.82, 2.24) is 10.4 Å². The molecular formula is C12H10N4. The average molecular weight is 210 g/mol. The molecule has 1 aromatic carbocycles. The van der Waals surface area contributed by atoms with Gasteiger partial charge in [0, 0.05) is 22.2 Å². The maximum absolute atomic E-state index is 8.78. The molecule has 78 valence electrons. The molecule has 16 heavy (non-hydrogen) atoms. The van der Waals surface area contributed by atoms with Crippen molar-refractivity contribution in [2.75, 3.05) is 0 Å².